The van der Waals surface area contributed by atoms with Crippen molar-refractivity contribution >= 4 is 0 Å². The lowest BCUT2D eigenvalue weighted by Gasteiger charge is -2.36. The van der Waals surface area contributed by atoms with E-state index in [2.05, 4.69) is 84.7 Å². The van der Waals surface area contributed by atoms with Crippen molar-refractivity contribution in [2.24, 2.45) is 0 Å². The van der Waals surface area contributed by atoms with E-state index in [4.69, 9.17) is 0 Å². The monoisotopic (exact) mass is 351 g/mol. The fourth-order valence-electron chi connectivity index (χ4n) is 3.82. The number of benzene rings is 3. The molecule has 1 aromatic heterocycles. The van der Waals surface area contributed by atoms with Gasteiger partial charge in [-0.2, -0.15) is 0 Å². The maximum Gasteiger partial charge on any atom is 0.247 e. The Hall–Kier alpha value is -3.39. The molecule has 4 rings (SSSR count). The SMILES string of the molecule is Cc1ccc(C(c2ccccc2)(c2ccccc2)c2ccc(=O)[nH]c2)cc1. The molecule has 132 valence electrons. The van der Waals surface area contributed by atoms with Crippen molar-refractivity contribution in [2.75, 3.05) is 0 Å². The van der Waals surface area contributed by atoms with Gasteiger partial charge < -0.3 is 4.98 Å². The van der Waals surface area contributed by atoms with Crippen LogP contribution in [0.4, 0.5) is 0 Å². The van der Waals surface area contributed by atoms with Crippen LogP contribution >= 0.6 is 0 Å². The van der Waals surface area contributed by atoms with Crippen molar-refractivity contribution in [2.45, 2.75) is 12.3 Å². The maximum absolute atomic E-state index is 11.7. The summed E-state index contributed by atoms with van der Waals surface area (Å²) in [5.41, 5.74) is 5.12. The summed E-state index contributed by atoms with van der Waals surface area (Å²) in [5.74, 6) is 0. The van der Waals surface area contributed by atoms with E-state index in [9.17, 15) is 4.79 Å². The van der Waals surface area contributed by atoms with Gasteiger partial charge in [-0.1, -0.05) is 96.6 Å². The fraction of sp³-hybridized carbons (Fsp3) is 0.0800. The van der Waals surface area contributed by atoms with Gasteiger partial charge in [-0.25, -0.2) is 0 Å². The van der Waals surface area contributed by atoms with Crippen LogP contribution in [0.3, 0.4) is 0 Å². The number of aromatic nitrogens is 1. The van der Waals surface area contributed by atoms with Crippen LogP contribution in [0.2, 0.25) is 0 Å². The Kier molecular flexibility index (Phi) is 4.47. The van der Waals surface area contributed by atoms with Crippen LogP contribution in [-0.4, -0.2) is 4.98 Å². The summed E-state index contributed by atoms with van der Waals surface area (Å²) in [6, 6.07) is 33.1. The minimum absolute atomic E-state index is 0.0994. The zero-order valence-corrected chi connectivity index (χ0v) is 15.2. The molecule has 0 saturated carbocycles. The lowest BCUT2D eigenvalue weighted by Crippen LogP contribution is -2.31. The van der Waals surface area contributed by atoms with Gasteiger partial charge in [0.1, 0.15) is 0 Å². The second kappa shape index (κ2) is 7.08. The van der Waals surface area contributed by atoms with Gasteiger partial charge in [-0.15, -0.1) is 0 Å². The first kappa shape index (κ1) is 17.0. The number of hydrogen-bond acceptors (Lipinski definition) is 1. The Balaban J connectivity index is 2.13. The third-order valence-electron chi connectivity index (χ3n) is 5.12. The number of nitrogens with one attached hydrogen (secondary N) is 1. The van der Waals surface area contributed by atoms with Crippen LogP contribution in [0.15, 0.2) is 108 Å². The zero-order chi connectivity index (χ0) is 18.7. The van der Waals surface area contributed by atoms with Crippen molar-refractivity contribution in [3.8, 4) is 0 Å². The summed E-state index contributed by atoms with van der Waals surface area (Å²) in [6.45, 7) is 2.09. The molecule has 2 heteroatoms. The third-order valence-corrected chi connectivity index (χ3v) is 5.12. The van der Waals surface area contributed by atoms with Gasteiger partial charge in [0.15, 0.2) is 0 Å². The smallest absolute Gasteiger partial charge is 0.247 e. The molecule has 3 aromatic carbocycles. The van der Waals surface area contributed by atoms with Gasteiger partial charge in [0, 0.05) is 12.3 Å². The summed E-state index contributed by atoms with van der Waals surface area (Å²) >= 11 is 0. The van der Waals surface area contributed by atoms with Crippen LogP contribution in [0, 0.1) is 6.92 Å². The highest BCUT2D eigenvalue weighted by molar-refractivity contribution is 5.59. The van der Waals surface area contributed by atoms with E-state index in [1.807, 2.05) is 24.4 Å². The normalized spacial score (nSPS) is 11.3. The lowest BCUT2D eigenvalue weighted by molar-refractivity contribution is 0.738. The molecule has 0 saturated heterocycles. The molecule has 0 aliphatic carbocycles. The third kappa shape index (κ3) is 3.00. The summed E-state index contributed by atoms with van der Waals surface area (Å²) in [4.78, 5) is 14.6. The number of aryl methyl sites for hydroxylation is 1. The summed E-state index contributed by atoms with van der Waals surface area (Å²) in [7, 11) is 0. The van der Waals surface area contributed by atoms with E-state index in [0.717, 1.165) is 22.3 Å². The van der Waals surface area contributed by atoms with Crippen molar-refractivity contribution in [1.29, 1.82) is 0 Å². The van der Waals surface area contributed by atoms with Crippen LogP contribution < -0.4 is 5.56 Å². The largest absolute Gasteiger partial charge is 0.329 e. The quantitative estimate of drug-likeness (QED) is 0.512. The van der Waals surface area contributed by atoms with Gasteiger partial charge in [0.05, 0.1) is 5.41 Å². The number of pyridine rings is 1. The Bertz CT molecular complexity index is 1020. The minimum Gasteiger partial charge on any atom is -0.329 e. The molecule has 0 aliphatic heterocycles. The van der Waals surface area contributed by atoms with Crippen molar-refractivity contribution in [1.82, 2.24) is 4.98 Å². The molecule has 1 heterocycles. The summed E-state index contributed by atoms with van der Waals surface area (Å²) in [6.07, 6.45) is 1.84. The molecular weight excluding hydrogens is 330 g/mol. The Morgan fingerprint density at radius 3 is 1.56 bits per heavy atom. The zero-order valence-electron chi connectivity index (χ0n) is 15.2. The predicted octanol–water partition coefficient (Wildman–Crippen LogP) is 5.07. The van der Waals surface area contributed by atoms with Gasteiger partial charge in [-0.05, 0) is 29.2 Å². The second-order valence-electron chi connectivity index (χ2n) is 6.79. The Morgan fingerprint density at radius 1 is 0.593 bits per heavy atom. The first-order valence-electron chi connectivity index (χ1n) is 9.08. The van der Waals surface area contributed by atoms with E-state index < -0.39 is 5.41 Å². The predicted molar refractivity (Wildman–Crippen MR) is 110 cm³/mol. The average Bonchev–Trinajstić information content (AvgIpc) is 2.73. The van der Waals surface area contributed by atoms with Crippen LogP contribution in [0.5, 0.6) is 0 Å². The molecule has 0 aliphatic rings. The minimum atomic E-state index is -0.513. The first-order chi connectivity index (χ1) is 13.2. The van der Waals surface area contributed by atoms with E-state index in [0.29, 0.717) is 0 Å². The van der Waals surface area contributed by atoms with E-state index in [1.54, 1.807) is 6.07 Å². The molecule has 0 unspecified atom stereocenters. The first-order valence-corrected chi connectivity index (χ1v) is 9.08. The van der Waals surface area contributed by atoms with Crippen LogP contribution in [0.1, 0.15) is 27.8 Å². The van der Waals surface area contributed by atoms with Gasteiger partial charge in [0.25, 0.3) is 0 Å². The summed E-state index contributed by atoms with van der Waals surface area (Å²) < 4.78 is 0. The molecule has 0 radical (unpaired) electrons. The molecular formula is C25H21NO. The van der Waals surface area contributed by atoms with E-state index in [-0.39, 0.29) is 5.56 Å². The molecule has 0 fully saturated rings. The topological polar surface area (TPSA) is 32.9 Å². The highest BCUT2D eigenvalue weighted by atomic mass is 16.1. The second-order valence-corrected chi connectivity index (χ2v) is 6.79. The molecule has 0 amide bonds. The average molecular weight is 351 g/mol. The van der Waals surface area contributed by atoms with Crippen molar-refractivity contribution in [3.63, 3.8) is 0 Å². The number of rotatable bonds is 4. The lowest BCUT2D eigenvalue weighted by atomic mass is 9.65. The molecule has 0 atom stereocenters. The van der Waals surface area contributed by atoms with Crippen molar-refractivity contribution in [3.05, 3.63) is 141 Å². The van der Waals surface area contributed by atoms with Crippen LogP contribution in [-0.2, 0) is 5.41 Å². The van der Waals surface area contributed by atoms with Crippen molar-refractivity contribution < 1.29 is 0 Å². The highest BCUT2D eigenvalue weighted by Gasteiger charge is 2.38. The molecule has 4 aromatic rings. The molecule has 27 heavy (non-hydrogen) atoms. The maximum atomic E-state index is 11.7. The Labute approximate surface area is 159 Å². The van der Waals surface area contributed by atoms with Gasteiger partial charge in [-0.3, -0.25) is 4.79 Å². The fourth-order valence-corrected chi connectivity index (χ4v) is 3.82. The van der Waals surface area contributed by atoms with Gasteiger partial charge >= 0.3 is 0 Å². The van der Waals surface area contributed by atoms with E-state index >= 15 is 0 Å². The molecule has 2 nitrogen and oxygen atoms in total. The Morgan fingerprint density at radius 2 is 1.07 bits per heavy atom. The number of H-pyrrole nitrogens is 1. The highest BCUT2D eigenvalue weighted by Crippen LogP contribution is 2.44. The molecule has 1 N–H and O–H groups in total. The standard InChI is InChI=1S/C25H21NO/c1-19-12-14-22(15-13-19)25(20-8-4-2-5-9-20,21-10-6-3-7-11-21)23-16-17-24(27)26-18-23/h2-18H,1H3,(H,26,27). The number of hydrogen-bond donors (Lipinski definition) is 1. The van der Waals surface area contributed by atoms with Gasteiger partial charge in [0.2, 0.25) is 5.56 Å². The molecule has 0 spiro atoms. The summed E-state index contributed by atoms with van der Waals surface area (Å²) in [5, 5.41) is 0. The molecule has 0 bridgehead atoms. The number of aromatic amines is 1. The van der Waals surface area contributed by atoms with E-state index in [1.165, 1.54) is 5.56 Å². The van der Waals surface area contributed by atoms with Crippen LogP contribution in [0.25, 0.3) is 0 Å².